The summed E-state index contributed by atoms with van der Waals surface area (Å²) in [6, 6.07) is 8.32. The molecule has 128 valence electrons. The minimum Gasteiger partial charge on any atom is -0.240 e. The highest BCUT2D eigenvalue weighted by atomic mass is 79.9. The van der Waals surface area contributed by atoms with Gasteiger partial charge in [-0.25, -0.2) is 9.97 Å². The summed E-state index contributed by atoms with van der Waals surface area (Å²) in [6.45, 7) is 2.28. The van der Waals surface area contributed by atoms with Crippen LogP contribution < -0.4 is 0 Å². The SMILES string of the molecule is CCCCCC1CCC(c2ncc(-c3ccc(Br)cc3)cn2)CC1. The second-order valence-electron chi connectivity index (χ2n) is 7.05. The fourth-order valence-corrected chi connectivity index (χ4v) is 4.00. The Labute approximate surface area is 154 Å². The van der Waals surface area contributed by atoms with Crippen molar-refractivity contribution in [2.45, 2.75) is 64.2 Å². The van der Waals surface area contributed by atoms with Gasteiger partial charge in [-0.3, -0.25) is 0 Å². The van der Waals surface area contributed by atoms with Crippen molar-refractivity contribution in [2.75, 3.05) is 0 Å². The molecule has 0 unspecified atom stereocenters. The van der Waals surface area contributed by atoms with Gasteiger partial charge in [0.1, 0.15) is 5.82 Å². The quantitative estimate of drug-likeness (QED) is 0.512. The van der Waals surface area contributed by atoms with E-state index in [4.69, 9.17) is 0 Å². The van der Waals surface area contributed by atoms with Crippen LogP contribution in [0.1, 0.15) is 70.0 Å². The maximum absolute atomic E-state index is 4.68. The molecule has 2 aromatic rings. The predicted molar refractivity (Wildman–Crippen MR) is 104 cm³/mol. The van der Waals surface area contributed by atoms with Gasteiger partial charge in [-0.1, -0.05) is 60.7 Å². The molecule has 0 atom stereocenters. The molecule has 0 aliphatic heterocycles. The van der Waals surface area contributed by atoms with Gasteiger partial charge in [-0.05, 0) is 49.3 Å². The maximum atomic E-state index is 4.68. The molecule has 1 aromatic heterocycles. The molecule has 1 saturated carbocycles. The number of unbranched alkanes of at least 4 members (excludes halogenated alkanes) is 2. The van der Waals surface area contributed by atoms with Gasteiger partial charge < -0.3 is 0 Å². The van der Waals surface area contributed by atoms with Gasteiger partial charge in [-0.15, -0.1) is 0 Å². The van der Waals surface area contributed by atoms with Crippen molar-refractivity contribution in [3.8, 4) is 11.1 Å². The summed E-state index contributed by atoms with van der Waals surface area (Å²) in [6.07, 6.45) is 14.7. The average molecular weight is 387 g/mol. The third kappa shape index (κ3) is 4.66. The van der Waals surface area contributed by atoms with E-state index in [0.29, 0.717) is 5.92 Å². The van der Waals surface area contributed by atoms with Gasteiger partial charge in [-0.2, -0.15) is 0 Å². The predicted octanol–water partition coefficient (Wildman–Crippen LogP) is 6.76. The summed E-state index contributed by atoms with van der Waals surface area (Å²) in [5.74, 6) is 2.55. The maximum Gasteiger partial charge on any atom is 0.131 e. The lowest BCUT2D eigenvalue weighted by molar-refractivity contribution is 0.297. The highest BCUT2D eigenvalue weighted by molar-refractivity contribution is 9.10. The summed E-state index contributed by atoms with van der Waals surface area (Å²) in [4.78, 5) is 9.36. The Kier molecular flexibility index (Phi) is 6.42. The molecular formula is C21H27BrN2. The highest BCUT2D eigenvalue weighted by Gasteiger charge is 2.23. The zero-order valence-corrected chi connectivity index (χ0v) is 16.1. The average Bonchev–Trinajstić information content (AvgIpc) is 2.63. The minimum absolute atomic E-state index is 0.561. The van der Waals surface area contributed by atoms with E-state index in [2.05, 4.69) is 57.1 Å². The number of benzene rings is 1. The third-order valence-electron chi connectivity index (χ3n) is 5.28. The summed E-state index contributed by atoms with van der Waals surface area (Å²) in [5, 5.41) is 0. The van der Waals surface area contributed by atoms with Crippen molar-refractivity contribution < 1.29 is 0 Å². The Bertz CT molecular complexity index is 613. The second kappa shape index (κ2) is 8.75. The normalized spacial score (nSPS) is 20.9. The van der Waals surface area contributed by atoms with Crippen LogP contribution in [0.25, 0.3) is 11.1 Å². The second-order valence-corrected chi connectivity index (χ2v) is 7.97. The third-order valence-corrected chi connectivity index (χ3v) is 5.81. The first-order chi connectivity index (χ1) is 11.8. The molecule has 3 heteroatoms. The molecule has 1 fully saturated rings. The monoisotopic (exact) mass is 386 g/mol. The molecule has 24 heavy (non-hydrogen) atoms. The van der Waals surface area contributed by atoms with Crippen LogP contribution in [-0.2, 0) is 0 Å². The molecule has 0 bridgehead atoms. The number of halogens is 1. The van der Waals surface area contributed by atoms with E-state index < -0.39 is 0 Å². The van der Waals surface area contributed by atoms with Crippen molar-refractivity contribution in [3.63, 3.8) is 0 Å². The van der Waals surface area contributed by atoms with Crippen molar-refractivity contribution in [3.05, 3.63) is 47.0 Å². The van der Waals surface area contributed by atoms with E-state index in [1.807, 2.05) is 12.4 Å². The Morgan fingerprint density at radius 3 is 2.21 bits per heavy atom. The van der Waals surface area contributed by atoms with E-state index in [9.17, 15) is 0 Å². The van der Waals surface area contributed by atoms with Gasteiger partial charge in [0.25, 0.3) is 0 Å². The van der Waals surface area contributed by atoms with Crippen LogP contribution in [0, 0.1) is 5.92 Å². The Balaban J connectivity index is 1.56. The lowest BCUT2D eigenvalue weighted by atomic mass is 9.79. The largest absolute Gasteiger partial charge is 0.240 e. The number of rotatable bonds is 6. The van der Waals surface area contributed by atoms with Gasteiger partial charge >= 0.3 is 0 Å². The van der Waals surface area contributed by atoms with Gasteiger partial charge in [0.2, 0.25) is 0 Å². The molecule has 1 heterocycles. The molecule has 1 aliphatic carbocycles. The highest BCUT2D eigenvalue weighted by Crippen LogP contribution is 2.36. The van der Waals surface area contributed by atoms with Gasteiger partial charge in [0, 0.05) is 28.3 Å². The van der Waals surface area contributed by atoms with E-state index in [0.717, 1.165) is 21.8 Å². The van der Waals surface area contributed by atoms with Crippen LogP contribution in [0.5, 0.6) is 0 Å². The Morgan fingerprint density at radius 2 is 1.58 bits per heavy atom. The first kappa shape index (κ1) is 17.6. The molecule has 2 nitrogen and oxygen atoms in total. The first-order valence-corrected chi connectivity index (χ1v) is 10.1. The van der Waals surface area contributed by atoms with Crippen LogP contribution in [0.4, 0.5) is 0 Å². The van der Waals surface area contributed by atoms with Crippen LogP contribution in [0.3, 0.4) is 0 Å². The first-order valence-electron chi connectivity index (χ1n) is 9.34. The summed E-state index contributed by atoms with van der Waals surface area (Å²) >= 11 is 3.47. The van der Waals surface area contributed by atoms with E-state index in [1.54, 1.807) is 0 Å². The van der Waals surface area contributed by atoms with E-state index >= 15 is 0 Å². The molecule has 0 radical (unpaired) electrons. The van der Waals surface area contributed by atoms with Gasteiger partial charge in [0.05, 0.1) is 0 Å². The molecule has 0 spiro atoms. The summed E-state index contributed by atoms with van der Waals surface area (Å²) in [7, 11) is 0. The van der Waals surface area contributed by atoms with Crippen LogP contribution in [0.15, 0.2) is 41.1 Å². The Morgan fingerprint density at radius 1 is 0.917 bits per heavy atom. The lowest BCUT2D eigenvalue weighted by Crippen LogP contribution is -2.15. The molecule has 1 aromatic carbocycles. The molecule has 1 aliphatic rings. The molecular weight excluding hydrogens is 360 g/mol. The molecule has 0 N–H and O–H groups in total. The van der Waals surface area contributed by atoms with Crippen molar-refractivity contribution >= 4 is 15.9 Å². The zero-order valence-electron chi connectivity index (χ0n) is 14.5. The smallest absolute Gasteiger partial charge is 0.131 e. The van der Waals surface area contributed by atoms with E-state index in [-0.39, 0.29) is 0 Å². The zero-order chi connectivity index (χ0) is 16.8. The van der Waals surface area contributed by atoms with Crippen LogP contribution in [-0.4, -0.2) is 9.97 Å². The summed E-state index contributed by atoms with van der Waals surface area (Å²) in [5.41, 5.74) is 2.27. The van der Waals surface area contributed by atoms with Crippen LogP contribution in [0.2, 0.25) is 0 Å². The Hall–Kier alpha value is -1.22. The van der Waals surface area contributed by atoms with Crippen molar-refractivity contribution in [1.82, 2.24) is 9.97 Å². The topological polar surface area (TPSA) is 25.8 Å². The number of hydrogen-bond acceptors (Lipinski definition) is 2. The van der Waals surface area contributed by atoms with Crippen molar-refractivity contribution in [1.29, 1.82) is 0 Å². The molecule has 3 rings (SSSR count). The van der Waals surface area contributed by atoms with E-state index in [1.165, 1.54) is 56.9 Å². The van der Waals surface area contributed by atoms with Crippen LogP contribution >= 0.6 is 15.9 Å². The standard InChI is InChI=1S/C21H27BrN2/c1-2-3-4-5-16-6-8-18(9-7-16)21-23-14-19(15-24-21)17-10-12-20(22)13-11-17/h10-16,18H,2-9H2,1H3. The minimum atomic E-state index is 0.561. The summed E-state index contributed by atoms with van der Waals surface area (Å²) < 4.78 is 1.10. The lowest BCUT2D eigenvalue weighted by Gasteiger charge is -2.27. The number of hydrogen-bond donors (Lipinski definition) is 0. The van der Waals surface area contributed by atoms with Crippen molar-refractivity contribution in [2.24, 2.45) is 5.92 Å². The number of aromatic nitrogens is 2. The number of nitrogens with zero attached hydrogens (tertiary/aromatic N) is 2. The molecule has 0 saturated heterocycles. The van der Waals surface area contributed by atoms with Gasteiger partial charge in [0.15, 0.2) is 0 Å². The molecule has 0 amide bonds. The fourth-order valence-electron chi connectivity index (χ4n) is 3.73. The fraction of sp³-hybridized carbons (Fsp3) is 0.524.